The lowest BCUT2D eigenvalue weighted by atomic mass is 11.6. The first kappa shape index (κ1) is 4.91. The number of hydrogen-bond donors (Lipinski definition) is 0. The van der Waals surface area contributed by atoms with Crippen molar-refractivity contribution >= 4 is 0 Å². The van der Waals surface area contributed by atoms with Gasteiger partial charge >= 0.3 is 0 Å². The van der Waals surface area contributed by atoms with Crippen LogP contribution in [0.1, 0.15) is 0 Å². The van der Waals surface area contributed by atoms with Gasteiger partial charge in [-0.3, -0.25) is 0 Å². The van der Waals surface area contributed by atoms with Crippen LogP contribution < -0.4 is 0 Å². The van der Waals surface area contributed by atoms with E-state index in [4.69, 9.17) is 5.53 Å². The molecule has 0 aliphatic rings. The third-order valence-corrected chi connectivity index (χ3v) is 0.169. The Labute approximate surface area is 34.3 Å². The largest absolute Gasteiger partial charge is 0.163 e. The summed E-state index contributed by atoms with van der Waals surface area (Å²) in [6.07, 6.45) is 0. The smallest absolute Gasteiger partial charge is 0.0960 e. The Bertz CT molecular complexity index is 86.1. The summed E-state index contributed by atoms with van der Waals surface area (Å²) >= 11 is 0. The average Bonchev–Trinajstić information content (AvgIpc) is 1.61. The summed E-state index contributed by atoms with van der Waals surface area (Å²) in [6.45, 7) is 0. The van der Waals surface area contributed by atoms with Crippen molar-refractivity contribution in [3.63, 3.8) is 0 Å². The summed E-state index contributed by atoms with van der Waals surface area (Å²) in [5, 5.41) is 8.78. The predicted molar refractivity (Wildman–Crippen MR) is 19.9 cm³/mol. The number of azide groups is 1. The molecule has 0 spiro atoms. The second-order valence-electron chi connectivity index (χ2n) is 0.468. The van der Waals surface area contributed by atoms with Gasteiger partial charge in [-0.15, -0.1) is 5.53 Å². The maximum absolute atomic E-state index is 7.50. The maximum Gasteiger partial charge on any atom is 0.0960 e. The Morgan fingerprint density at radius 3 is 2.50 bits per heavy atom. The van der Waals surface area contributed by atoms with E-state index in [1.165, 1.54) is 7.05 Å². The quantitative estimate of drug-likeness (QED) is 0.199. The number of rotatable bonds is 1. The molecule has 0 aromatic rings. The van der Waals surface area contributed by atoms with E-state index in [2.05, 4.69) is 20.5 Å². The molecule has 0 unspecified atom stereocenters. The molecule has 0 rings (SSSR count). The summed E-state index contributed by atoms with van der Waals surface area (Å²) in [5.74, 6) is 0. The van der Waals surface area contributed by atoms with Gasteiger partial charge in [0.1, 0.15) is 0 Å². The van der Waals surface area contributed by atoms with Gasteiger partial charge in [0.25, 0.3) is 0 Å². The molecule has 0 fully saturated rings. The fourth-order valence-electron chi connectivity index (χ4n) is 0.0579. The fourth-order valence-corrected chi connectivity index (χ4v) is 0.0579. The van der Waals surface area contributed by atoms with Crippen LogP contribution in [0.15, 0.2) is 15.6 Å². The molecule has 0 heterocycles. The summed E-state index contributed by atoms with van der Waals surface area (Å²) in [5.41, 5.74) is 7.50. The van der Waals surface area contributed by atoms with Gasteiger partial charge < -0.3 is 0 Å². The highest BCUT2D eigenvalue weighted by Gasteiger charge is 1.53. The predicted octanol–water partition coefficient (Wildman–Crippen LogP) is 1.29. The molecule has 5 heteroatoms. The van der Waals surface area contributed by atoms with Gasteiger partial charge in [-0.1, -0.05) is 5.11 Å². The van der Waals surface area contributed by atoms with Crippen LogP contribution in [-0.2, 0) is 0 Å². The topological polar surface area (TPSA) is 73.5 Å². The highest BCUT2D eigenvalue weighted by atomic mass is 15.5. The SMILES string of the molecule is CN=NN=[N+]=[N-]. The molecule has 0 saturated heterocycles. The summed E-state index contributed by atoms with van der Waals surface area (Å²) in [4.78, 5) is 2.29. The first-order valence-electron chi connectivity index (χ1n) is 1.25. The fraction of sp³-hybridized carbons (Fsp3) is 1.00. The normalized spacial score (nSPS) is 8.17. The molecule has 0 aromatic heterocycles. The van der Waals surface area contributed by atoms with Crippen LogP contribution in [0.25, 0.3) is 10.4 Å². The minimum atomic E-state index is 1.43. The van der Waals surface area contributed by atoms with Crippen molar-refractivity contribution in [3.05, 3.63) is 10.4 Å². The van der Waals surface area contributed by atoms with Gasteiger partial charge in [0.05, 0.1) is 17.5 Å². The lowest BCUT2D eigenvalue weighted by molar-refractivity contribution is 1.00. The van der Waals surface area contributed by atoms with Gasteiger partial charge in [0.15, 0.2) is 0 Å². The van der Waals surface area contributed by atoms with Gasteiger partial charge in [-0.2, -0.15) is 4.91 Å². The van der Waals surface area contributed by atoms with Crippen molar-refractivity contribution in [2.75, 3.05) is 7.05 Å². The minimum Gasteiger partial charge on any atom is -0.163 e. The van der Waals surface area contributed by atoms with Crippen molar-refractivity contribution in [2.45, 2.75) is 0 Å². The molecule has 0 atom stereocenters. The standard InChI is InChI=1S/CH3N5/c1-3-5-6-4-2/h1H3. The van der Waals surface area contributed by atoms with Crippen LogP contribution >= 0.6 is 0 Å². The Balaban J connectivity index is 3.33. The van der Waals surface area contributed by atoms with Crippen LogP contribution in [0.3, 0.4) is 0 Å². The number of nitrogens with zero attached hydrogens (tertiary/aromatic N) is 5. The van der Waals surface area contributed by atoms with Crippen molar-refractivity contribution in [2.24, 2.45) is 15.6 Å². The van der Waals surface area contributed by atoms with Crippen LogP contribution in [-0.4, -0.2) is 7.05 Å². The van der Waals surface area contributed by atoms with Crippen molar-refractivity contribution in [3.8, 4) is 0 Å². The molecule has 0 amide bonds. The third kappa shape index (κ3) is 2.91. The van der Waals surface area contributed by atoms with Gasteiger partial charge in [0, 0.05) is 0 Å². The highest BCUT2D eigenvalue weighted by Crippen LogP contribution is 1.69. The molecular formula is CH3N5. The lowest BCUT2D eigenvalue weighted by Crippen LogP contribution is -1.37. The Morgan fingerprint density at radius 2 is 2.33 bits per heavy atom. The first-order valence-corrected chi connectivity index (χ1v) is 1.25. The Hall–Kier alpha value is -1.09. The van der Waals surface area contributed by atoms with Crippen LogP contribution in [0.5, 0.6) is 0 Å². The zero-order valence-corrected chi connectivity index (χ0v) is 3.24. The van der Waals surface area contributed by atoms with Gasteiger partial charge in [-0.05, 0) is 0 Å². The van der Waals surface area contributed by atoms with Crippen molar-refractivity contribution in [1.82, 2.24) is 0 Å². The zero-order valence-electron chi connectivity index (χ0n) is 3.24. The second kappa shape index (κ2) is 3.91. The third-order valence-electron chi connectivity index (χ3n) is 0.169. The molecule has 5 nitrogen and oxygen atoms in total. The molecule has 0 aromatic carbocycles. The molecule has 0 aliphatic heterocycles. The van der Waals surface area contributed by atoms with Crippen LogP contribution in [0.2, 0.25) is 0 Å². The summed E-state index contributed by atoms with van der Waals surface area (Å²) < 4.78 is 0. The van der Waals surface area contributed by atoms with E-state index in [1.54, 1.807) is 0 Å². The maximum atomic E-state index is 7.50. The Kier molecular flexibility index (Phi) is 3.20. The zero-order chi connectivity index (χ0) is 4.83. The highest BCUT2D eigenvalue weighted by molar-refractivity contribution is 4.31. The van der Waals surface area contributed by atoms with E-state index < -0.39 is 0 Å². The van der Waals surface area contributed by atoms with E-state index in [-0.39, 0.29) is 0 Å². The molecule has 32 valence electrons. The molecule has 6 heavy (non-hydrogen) atoms. The van der Waals surface area contributed by atoms with E-state index in [1.807, 2.05) is 0 Å². The minimum absolute atomic E-state index is 1.43. The number of hydrogen-bond acceptors (Lipinski definition) is 1. The van der Waals surface area contributed by atoms with Gasteiger partial charge in [-0.25, -0.2) is 0 Å². The van der Waals surface area contributed by atoms with E-state index in [9.17, 15) is 0 Å². The molecule has 0 saturated carbocycles. The average molecular weight is 85.1 g/mol. The Morgan fingerprint density at radius 1 is 1.67 bits per heavy atom. The lowest BCUT2D eigenvalue weighted by Gasteiger charge is -1.50. The van der Waals surface area contributed by atoms with Crippen molar-refractivity contribution in [1.29, 1.82) is 0 Å². The summed E-state index contributed by atoms with van der Waals surface area (Å²) in [7, 11) is 1.43. The van der Waals surface area contributed by atoms with Gasteiger partial charge in [0.2, 0.25) is 0 Å². The molecular weight excluding hydrogens is 82.0 g/mol. The monoisotopic (exact) mass is 85.0 g/mol. The summed E-state index contributed by atoms with van der Waals surface area (Å²) in [6, 6.07) is 0. The van der Waals surface area contributed by atoms with E-state index >= 15 is 0 Å². The molecule has 0 N–H and O–H groups in total. The molecule has 0 bridgehead atoms. The molecule has 0 radical (unpaired) electrons. The van der Waals surface area contributed by atoms with Crippen LogP contribution in [0.4, 0.5) is 0 Å². The molecule has 0 aliphatic carbocycles. The van der Waals surface area contributed by atoms with E-state index in [0.717, 1.165) is 0 Å². The van der Waals surface area contributed by atoms with Crippen LogP contribution in [0, 0.1) is 0 Å². The van der Waals surface area contributed by atoms with E-state index in [0.29, 0.717) is 0 Å². The first-order chi connectivity index (χ1) is 2.91. The van der Waals surface area contributed by atoms with Crippen molar-refractivity contribution < 1.29 is 0 Å². The second-order valence-corrected chi connectivity index (χ2v) is 0.468.